The van der Waals surface area contributed by atoms with E-state index in [0.29, 0.717) is 12.1 Å². The summed E-state index contributed by atoms with van der Waals surface area (Å²) in [5.41, 5.74) is 12.4. The summed E-state index contributed by atoms with van der Waals surface area (Å²) in [5.74, 6) is -0.0347. The third-order valence-electron chi connectivity index (χ3n) is 2.06. The minimum atomic E-state index is -0.0347. The highest BCUT2D eigenvalue weighted by atomic mass is 16.1. The molecule has 1 aromatic rings. The molecule has 4 N–H and O–H groups in total. The van der Waals surface area contributed by atoms with Gasteiger partial charge in [0, 0.05) is 5.56 Å². The molecule has 0 unspecified atom stereocenters. The molecule has 0 bridgehead atoms. The van der Waals surface area contributed by atoms with Crippen molar-refractivity contribution in [3.63, 3.8) is 0 Å². The van der Waals surface area contributed by atoms with Crippen LogP contribution in [0.25, 0.3) is 6.08 Å². The van der Waals surface area contributed by atoms with Gasteiger partial charge in [-0.05, 0) is 18.5 Å². The summed E-state index contributed by atoms with van der Waals surface area (Å²) in [7, 11) is 0. The van der Waals surface area contributed by atoms with Gasteiger partial charge in [-0.15, -0.1) is 0 Å². The first-order chi connectivity index (χ1) is 7.27. The molecule has 0 amide bonds. The molecule has 3 nitrogen and oxygen atoms in total. The van der Waals surface area contributed by atoms with Crippen LogP contribution in [0.4, 0.5) is 0 Å². The highest BCUT2D eigenvalue weighted by molar-refractivity contribution is 5.97. The van der Waals surface area contributed by atoms with Crippen molar-refractivity contribution in [1.29, 1.82) is 0 Å². The van der Waals surface area contributed by atoms with Gasteiger partial charge in [0.15, 0.2) is 5.78 Å². The zero-order valence-corrected chi connectivity index (χ0v) is 8.65. The van der Waals surface area contributed by atoms with Crippen molar-refractivity contribution < 1.29 is 4.79 Å². The van der Waals surface area contributed by atoms with E-state index in [1.807, 2.05) is 24.3 Å². The Labute approximate surface area is 89.8 Å². The highest BCUT2D eigenvalue weighted by Crippen LogP contribution is 2.06. The number of benzene rings is 1. The van der Waals surface area contributed by atoms with Gasteiger partial charge in [0.25, 0.3) is 0 Å². The molecule has 0 atom stereocenters. The zero-order valence-electron chi connectivity index (χ0n) is 8.65. The van der Waals surface area contributed by atoms with Crippen LogP contribution in [0, 0.1) is 0 Å². The predicted octanol–water partition coefficient (Wildman–Crippen LogP) is 1.19. The molecule has 0 heterocycles. The van der Waals surface area contributed by atoms with Gasteiger partial charge in [-0.25, -0.2) is 0 Å². The molecule has 0 fully saturated rings. The van der Waals surface area contributed by atoms with Crippen LogP contribution >= 0.6 is 0 Å². The molecule has 1 rings (SSSR count). The molecule has 0 aliphatic heterocycles. The maximum absolute atomic E-state index is 11.2. The van der Waals surface area contributed by atoms with E-state index < -0.39 is 0 Å². The molecule has 3 heteroatoms. The van der Waals surface area contributed by atoms with Crippen LogP contribution in [0.2, 0.25) is 0 Å². The van der Waals surface area contributed by atoms with Gasteiger partial charge in [-0.3, -0.25) is 4.79 Å². The van der Waals surface area contributed by atoms with Crippen molar-refractivity contribution in [3.05, 3.63) is 41.5 Å². The predicted molar refractivity (Wildman–Crippen MR) is 62.5 cm³/mol. The van der Waals surface area contributed by atoms with Gasteiger partial charge < -0.3 is 11.5 Å². The van der Waals surface area contributed by atoms with Gasteiger partial charge in [-0.1, -0.05) is 36.4 Å². The summed E-state index contributed by atoms with van der Waals surface area (Å²) in [6.45, 7) is 0.711. The summed E-state index contributed by atoms with van der Waals surface area (Å²) in [5, 5.41) is 0. The van der Waals surface area contributed by atoms with Crippen molar-refractivity contribution in [3.8, 4) is 0 Å². The quantitative estimate of drug-likeness (QED) is 0.708. The SMILES string of the molecule is NCCC=Cc1ccc(C(=O)CN)cc1. The molecule has 15 heavy (non-hydrogen) atoms. The van der Waals surface area contributed by atoms with E-state index in [1.165, 1.54) is 0 Å². The lowest BCUT2D eigenvalue weighted by molar-refractivity contribution is 0.100. The summed E-state index contributed by atoms with van der Waals surface area (Å²) in [4.78, 5) is 11.2. The largest absolute Gasteiger partial charge is 0.330 e. The number of carbonyl (C=O) groups is 1. The topological polar surface area (TPSA) is 69.1 Å². The Bertz CT molecular complexity index is 341. The van der Waals surface area contributed by atoms with Gasteiger partial charge in [-0.2, -0.15) is 0 Å². The number of rotatable bonds is 5. The second-order valence-corrected chi connectivity index (χ2v) is 3.23. The number of hydrogen-bond donors (Lipinski definition) is 2. The smallest absolute Gasteiger partial charge is 0.176 e. The van der Waals surface area contributed by atoms with E-state index in [2.05, 4.69) is 0 Å². The molecular formula is C12H16N2O. The van der Waals surface area contributed by atoms with Gasteiger partial charge in [0.1, 0.15) is 0 Å². The summed E-state index contributed by atoms with van der Waals surface area (Å²) in [6, 6.07) is 7.38. The zero-order chi connectivity index (χ0) is 11.1. The summed E-state index contributed by atoms with van der Waals surface area (Å²) >= 11 is 0. The van der Waals surface area contributed by atoms with Crippen LogP contribution in [-0.2, 0) is 0 Å². The molecule has 80 valence electrons. The highest BCUT2D eigenvalue weighted by Gasteiger charge is 2.00. The van der Waals surface area contributed by atoms with Crippen LogP contribution in [0.5, 0.6) is 0 Å². The van der Waals surface area contributed by atoms with Crippen LogP contribution in [0.1, 0.15) is 22.3 Å². The molecule has 0 aliphatic rings. The van der Waals surface area contributed by atoms with E-state index >= 15 is 0 Å². The Morgan fingerprint density at radius 2 is 1.87 bits per heavy atom. The first-order valence-electron chi connectivity index (χ1n) is 4.98. The molecule has 0 saturated heterocycles. The Morgan fingerprint density at radius 3 is 2.40 bits per heavy atom. The van der Waals surface area contributed by atoms with E-state index in [4.69, 9.17) is 11.5 Å². The van der Waals surface area contributed by atoms with Crippen molar-refractivity contribution in [2.75, 3.05) is 13.1 Å². The standard InChI is InChI=1S/C12H16N2O/c13-8-2-1-3-10-4-6-11(7-5-10)12(15)9-14/h1,3-7H,2,8-9,13-14H2. The number of nitrogens with two attached hydrogens (primary N) is 2. The fourth-order valence-corrected chi connectivity index (χ4v) is 1.21. The minimum absolute atomic E-state index is 0.0347. The Hall–Kier alpha value is -1.45. The van der Waals surface area contributed by atoms with Crippen LogP contribution in [0.3, 0.4) is 0 Å². The maximum Gasteiger partial charge on any atom is 0.176 e. The molecular weight excluding hydrogens is 188 g/mol. The maximum atomic E-state index is 11.2. The first-order valence-corrected chi connectivity index (χ1v) is 4.98. The minimum Gasteiger partial charge on any atom is -0.330 e. The van der Waals surface area contributed by atoms with Crippen LogP contribution in [0.15, 0.2) is 30.3 Å². The molecule has 0 radical (unpaired) electrons. The molecule has 0 aliphatic carbocycles. The van der Waals surface area contributed by atoms with Gasteiger partial charge in [0.05, 0.1) is 6.54 Å². The second-order valence-electron chi connectivity index (χ2n) is 3.23. The van der Waals surface area contributed by atoms with Crippen molar-refractivity contribution in [1.82, 2.24) is 0 Å². The number of ketones is 1. The molecule has 1 aromatic carbocycles. The molecule has 0 spiro atoms. The first kappa shape index (κ1) is 11.6. The monoisotopic (exact) mass is 204 g/mol. The molecule has 0 saturated carbocycles. The fraction of sp³-hybridized carbons (Fsp3) is 0.250. The lowest BCUT2D eigenvalue weighted by Gasteiger charge is -1.98. The van der Waals surface area contributed by atoms with Crippen molar-refractivity contribution in [2.24, 2.45) is 11.5 Å². The normalized spacial score (nSPS) is 10.8. The third kappa shape index (κ3) is 3.65. The summed E-state index contributed by atoms with van der Waals surface area (Å²) < 4.78 is 0. The van der Waals surface area contributed by atoms with Crippen molar-refractivity contribution in [2.45, 2.75) is 6.42 Å². The Morgan fingerprint density at radius 1 is 1.20 bits per heavy atom. The number of carbonyl (C=O) groups excluding carboxylic acids is 1. The average Bonchev–Trinajstić information content (AvgIpc) is 2.29. The van der Waals surface area contributed by atoms with E-state index in [1.54, 1.807) is 12.1 Å². The second kappa shape index (κ2) is 6.11. The average molecular weight is 204 g/mol. The van der Waals surface area contributed by atoms with Gasteiger partial charge in [0.2, 0.25) is 0 Å². The van der Waals surface area contributed by atoms with Gasteiger partial charge >= 0.3 is 0 Å². The summed E-state index contributed by atoms with van der Waals surface area (Å²) in [6.07, 6.45) is 4.87. The molecule has 0 aromatic heterocycles. The van der Waals surface area contributed by atoms with Crippen LogP contribution < -0.4 is 11.5 Å². The Balaban J connectivity index is 2.68. The van der Waals surface area contributed by atoms with Crippen LogP contribution in [-0.4, -0.2) is 18.9 Å². The number of Topliss-reactive ketones (excluding diaryl/α,β-unsaturated/α-hetero) is 1. The lowest BCUT2D eigenvalue weighted by atomic mass is 10.1. The fourth-order valence-electron chi connectivity index (χ4n) is 1.21. The van der Waals surface area contributed by atoms with E-state index in [9.17, 15) is 4.79 Å². The lowest BCUT2D eigenvalue weighted by Crippen LogP contribution is -2.13. The number of hydrogen-bond acceptors (Lipinski definition) is 3. The van der Waals surface area contributed by atoms with Crippen molar-refractivity contribution >= 4 is 11.9 Å². The third-order valence-corrected chi connectivity index (χ3v) is 2.06. The van der Waals surface area contributed by atoms with E-state index in [0.717, 1.165) is 12.0 Å². The van der Waals surface area contributed by atoms with E-state index in [-0.39, 0.29) is 12.3 Å². The Kier molecular flexibility index (Phi) is 4.74.